The SMILES string of the molecule is CN1CCC(NCc2cccc(-c3ccc(S(=O)(=O)NCCN4CCCC4)c(F)c3)c2)CC1. The smallest absolute Gasteiger partial charge is 0.243 e. The van der Waals surface area contributed by atoms with Gasteiger partial charge in [0.05, 0.1) is 0 Å². The molecule has 2 aliphatic heterocycles. The van der Waals surface area contributed by atoms with Gasteiger partial charge < -0.3 is 15.1 Å². The van der Waals surface area contributed by atoms with Crippen LogP contribution in [0.25, 0.3) is 11.1 Å². The molecule has 0 amide bonds. The van der Waals surface area contributed by atoms with E-state index in [0.717, 1.165) is 69.5 Å². The topological polar surface area (TPSA) is 64.7 Å². The molecule has 2 aromatic rings. The number of likely N-dealkylation sites (tertiary alicyclic amines) is 2. The number of piperidine rings is 1. The summed E-state index contributed by atoms with van der Waals surface area (Å²) in [5.41, 5.74) is 2.68. The fourth-order valence-corrected chi connectivity index (χ4v) is 5.73. The first-order chi connectivity index (χ1) is 15.9. The lowest BCUT2D eigenvalue weighted by Crippen LogP contribution is -2.40. The van der Waals surface area contributed by atoms with Crippen molar-refractivity contribution in [1.82, 2.24) is 19.8 Å². The van der Waals surface area contributed by atoms with Crippen LogP contribution in [0.2, 0.25) is 0 Å². The highest BCUT2D eigenvalue weighted by atomic mass is 32.2. The molecule has 0 unspecified atom stereocenters. The molecular formula is C25H35FN4O2S. The maximum absolute atomic E-state index is 14.8. The summed E-state index contributed by atoms with van der Waals surface area (Å²) in [7, 11) is -1.73. The van der Waals surface area contributed by atoms with Crippen LogP contribution < -0.4 is 10.0 Å². The molecule has 33 heavy (non-hydrogen) atoms. The number of halogens is 1. The van der Waals surface area contributed by atoms with Crippen LogP contribution in [0, 0.1) is 5.82 Å². The average molecular weight is 475 g/mol. The summed E-state index contributed by atoms with van der Waals surface area (Å²) in [6.45, 7) is 5.92. The first-order valence-corrected chi connectivity index (χ1v) is 13.4. The van der Waals surface area contributed by atoms with Gasteiger partial charge in [-0.2, -0.15) is 0 Å². The van der Waals surface area contributed by atoms with Crippen LogP contribution in [-0.2, 0) is 16.6 Å². The van der Waals surface area contributed by atoms with E-state index in [9.17, 15) is 12.8 Å². The number of sulfonamides is 1. The van der Waals surface area contributed by atoms with Crippen molar-refractivity contribution in [2.75, 3.05) is 46.3 Å². The molecule has 2 fully saturated rings. The molecule has 0 aliphatic carbocycles. The van der Waals surface area contributed by atoms with Gasteiger partial charge in [0, 0.05) is 25.7 Å². The Morgan fingerprint density at radius 3 is 2.45 bits per heavy atom. The Hall–Kier alpha value is -1.84. The Labute approximate surface area is 197 Å². The number of rotatable bonds is 9. The second-order valence-corrected chi connectivity index (χ2v) is 11.0. The van der Waals surface area contributed by atoms with E-state index in [1.807, 2.05) is 18.2 Å². The molecule has 0 atom stereocenters. The van der Waals surface area contributed by atoms with Gasteiger partial charge in [-0.15, -0.1) is 0 Å². The highest BCUT2D eigenvalue weighted by molar-refractivity contribution is 7.89. The first-order valence-electron chi connectivity index (χ1n) is 11.9. The van der Waals surface area contributed by atoms with Crippen molar-refractivity contribution in [3.8, 4) is 11.1 Å². The standard InChI is InChI=1S/C25H35FN4O2S/c1-29-14-9-23(10-15-29)27-19-20-5-4-6-21(17-20)22-7-8-25(24(26)18-22)33(31,32)28-11-16-30-12-2-3-13-30/h4-8,17-18,23,27-28H,2-3,9-16,19H2,1H3. The van der Waals surface area contributed by atoms with Crippen LogP contribution in [0.3, 0.4) is 0 Å². The number of nitrogens with zero attached hydrogens (tertiary/aromatic N) is 2. The van der Waals surface area contributed by atoms with E-state index in [1.165, 1.54) is 12.1 Å². The minimum Gasteiger partial charge on any atom is -0.310 e. The van der Waals surface area contributed by atoms with Gasteiger partial charge in [-0.3, -0.25) is 0 Å². The molecule has 0 saturated carbocycles. The van der Waals surface area contributed by atoms with Crippen LogP contribution in [0.15, 0.2) is 47.4 Å². The molecule has 8 heteroatoms. The number of benzene rings is 2. The van der Waals surface area contributed by atoms with Crippen LogP contribution in [0.5, 0.6) is 0 Å². The summed E-state index contributed by atoms with van der Waals surface area (Å²) < 4.78 is 42.6. The van der Waals surface area contributed by atoms with Crippen molar-refractivity contribution in [2.24, 2.45) is 0 Å². The van der Waals surface area contributed by atoms with E-state index in [0.29, 0.717) is 18.2 Å². The van der Waals surface area contributed by atoms with E-state index in [1.54, 1.807) is 6.07 Å². The largest absolute Gasteiger partial charge is 0.310 e. The third-order valence-corrected chi connectivity index (χ3v) is 8.21. The van der Waals surface area contributed by atoms with Crippen molar-refractivity contribution in [1.29, 1.82) is 0 Å². The van der Waals surface area contributed by atoms with E-state index >= 15 is 0 Å². The predicted octanol–water partition coefficient (Wildman–Crippen LogP) is 3.05. The summed E-state index contributed by atoms with van der Waals surface area (Å²) in [6, 6.07) is 12.9. The van der Waals surface area contributed by atoms with Gasteiger partial charge in [0.2, 0.25) is 10.0 Å². The van der Waals surface area contributed by atoms with E-state index < -0.39 is 15.8 Å². The normalized spacial score (nSPS) is 18.7. The zero-order valence-corrected chi connectivity index (χ0v) is 20.2. The van der Waals surface area contributed by atoms with Crippen molar-refractivity contribution >= 4 is 10.0 Å². The van der Waals surface area contributed by atoms with Gasteiger partial charge >= 0.3 is 0 Å². The number of hydrogen-bond donors (Lipinski definition) is 2. The van der Waals surface area contributed by atoms with Crippen molar-refractivity contribution in [3.63, 3.8) is 0 Å². The van der Waals surface area contributed by atoms with Gasteiger partial charge in [-0.25, -0.2) is 17.5 Å². The van der Waals surface area contributed by atoms with E-state index in [2.05, 4.69) is 33.0 Å². The third-order valence-electron chi connectivity index (χ3n) is 6.71. The van der Waals surface area contributed by atoms with Crippen LogP contribution in [0.4, 0.5) is 4.39 Å². The molecule has 2 saturated heterocycles. The van der Waals surface area contributed by atoms with Crippen molar-refractivity contribution in [2.45, 2.75) is 43.2 Å². The predicted molar refractivity (Wildman–Crippen MR) is 130 cm³/mol. The summed E-state index contributed by atoms with van der Waals surface area (Å²) in [6.07, 6.45) is 4.59. The highest BCUT2D eigenvalue weighted by Crippen LogP contribution is 2.25. The minimum absolute atomic E-state index is 0.288. The lowest BCUT2D eigenvalue weighted by Gasteiger charge is -2.29. The zero-order chi connectivity index (χ0) is 23.3. The molecular weight excluding hydrogens is 439 g/mol. The average Bonchev–Trinajstić information content (AvgIpc) is 3.32. The molecule has 4 rings (SSSR count). The highest BCUT2D eigenvalue weighted by Gasteiger charge is 2.20. The second kappa shape index (κ2) is 11.1. The fourth-order valence-electron chi connectivity index (χ4n) is 4.66. The monoisotopic (exact) mass is 474 g/mol. The summed E-state index contributed by atoms with van der Waals surface area (Å²) >= 11 is 0. The van der Waals surface area contributed by atoms with Crippen molar-refractivity contribution < 1.29 is 12.8 Å². The number of hydrogen-bond acceptors (Lipinski definition) is 5. The molecule has 0 spiro atoms. The Morgan fingerprint density at radius 1 is 1.00 bits per heavy atom. The van der Waals surface area contributed by atoms with Crippen LogP contribution >= 0.6 is 0 Å². The Kier molecular flexibility index (Phi) is 8.14. The molecule has 0 bridgehead atoms. The zero-order valence-electron chi connectivity index (χ0n) is 19.4. The molecule has 2 N–H and O–H groups in total. The molecule has 0 radical (unpaired) electrons. The minimum atomic E-state index is -3.88. The molecule has 0 aromatic heterocycles. The van der Waals surface area contributed by atoms with Gasteiger partial charge in [-0.1, -0.05) is 24.3 Å². The van der Waals surface area contributed by atoms with Crippen molar-refractivity contribution in [3.05, 3.63) is 53.8 Å². The van der Waals surface area contributed by atoms with E-state index in [4.69, 9.17) is 0 Å². The van der Waals surface area contributed by atoms with Gasteiger partial charge in [0.15, 0.2) is 0 Å². The molecule has 2 heterocycles. The number of nitrogens with one attached hydrogen (secondary N) is 2. The second-order valence-electron chi connectivity index (χ2n) is 9.25. The Morgan fingerprint density at radius 2 is 1.73 bits per heavy atom. The van der Waals surface area contributed by atoms with Crippen LogP contribution in [0.1, 0.15) is 31.2 Å². The van der Waals surface area contributed by atoms with Crippen LogP contribution in [-0.4, -0.2) is 70.6 Å². The Bertz CT molecular complexity index is 1030. The molecule has 180 valence electrons. The fraction of sp³-hybridized carbons (Fsp3) is 0.520. The summed E-state index contributed by atoms with van der Waals surface area (Å²) in [4.78, 5) is 4.27. The maximum atomic E-state index is 14.8. The summed E-state index contributed by atoms with van der Waals surface area (Å²) in [5.74, 6) is -0.726. The quantitative estimate of drug-likeness (QED) is 0.585. The third kappa shape index (κ3) is 6.61. The van der Waals surface area contributed by atoms with Gasteiger partial charge in [-0.05, 0) is 93.8 Å². The lowest BCUT2D eigenvalue weighted by atomic mass is 10.0. The van der Waals surface area contributed by atoms with E-state index in [-0.39, 0.29) is 11.4 Å². The maximum Gasteiger partial charge on any atom is 0.243 e. The molecule has 6 nitrogen and oxygen atoms in total. The van der Waals surface area contributed by atoms with Gasteiger partial charge in [0.25, 0.3) is 0 Å². The summed E-state index contributed by atoms with van der Waals surface area (Å²) in [5, 5.41) is 3.63. The lowest BCUT2D eigenvalue weighted by molar-refractivity contribution is 0.234. The first kappa shape index (κ1) is 24.3. The Balaban J connectivity index is 1.38. The molecule has 2 aromatic carbocycles. The molecule has 2 aliphatic rings. The van der Waals surface area contributed by atoms with Gasteiger partial charge in [0.1, 0.15) is 10.7 Å².